The first-order valence-corrected chi connectivity index (χ1v) is 7.33. The molecule has 0 aliphatic heterocycles. The lowest BCUT2D eigenvalue weighted by atomic mass is 10.2. The van der Waals surface area contributed by atoms with Crippen LogP contribution in [-0.4, -0.2) is 34.4 Å². The molecule has 2 N–H and O–H groups in total. The number of halogens is 1. The maximum atomic E-state index is 5.65. The van der Waals surface area contributed by atoms with E-state index in [0.29, 0.717) is 25.7 Å². The summed E-state index contributed by atoms with van der Waals surface area (Å²) in [6.07, 6.45) is 3.39. The van der Waals surface area contributed by atoms with Crippen molar-refractivity contribution in [1.82, 2.24) is 25.4 Å². The molecule has 0 spiro atoms. The number of aryl methyl sites for hydroxylation is 1. The molecule has 24 heavy (non-hydrogen) atoms. The predicted octanol–water partition coefficient (Wildman–Crippen LogP) is 1.86. The predicted molar refractivity (Wildman–Crippen MR) is 106 cm³/mol. The Balaban J connectivity index is 0.00000288. The molecule has 2 rings (SSSR count). The Hall–Kier alpha value is -2.10. The second-order valence-electron chi connectivity index (χ2n) is 4.84. The Morgan fingerprint density at radius 1 is 1.33 bits per heavy atom. The summed E-state index contributed by atoms with van der Waals surface area (Å²) in [5, 5.41) is 14.3. The van der Waals surface area contributed by atoms with E-state index in [9.17, 15) is 0 Å². The van der Waals surface area contributed by atoms with E-state index < -0.39 is 0 Å². The van der Waals surface area contributed by atoms with Crippen molar-refractivity contribution in [2.24, 2.45) is 12.0 Å². The Kier molecular flexibility index (Phi) is 8.84. The third-order valence-electron chi connectivity index (χ3n) is 3.22. The summed E-state index contributed by atoms with van der Waals surface area (Å²) < 4.78 is 7.51. The number of aliphatic imine (C=N–C) groups is 1. The van der Waals surface area contributed by atoms with Crippen LogP contribution >= 0.6 is 24.0 Å². The zero-order valence-corrected chi connectivity index (χ0v) is 16.2. The number of hydrogen-bond donors (Lipinski definition) is 2. The molecule has 0 fully saturated rings. The van der Waals surface area contributed by atoms with Gasteiger partial charge in [0.1, 0.15) is 18.7 Å². The van der Waals surface area contributed by atoms with Crippen molar-refractivity contribution in [1.29, 1.82) is 0 Å². The molecule has 2 aromatic rings. The van der Waals surface area contributed by atoms with Crippen LogP contribution in [0.4, 0.5) is 0 Å². The maximum absolute atomic E-state index is 5.65. The average molecular weight is 442 g/mol. The molecule has 0 aliphatic carbocycles. The van der Waals surface area contributed by atoms with Crippen LogP contribution in [0.5, 0.6) is 5.75 Å². The molecule has 1 aromatic carbocycles. The third-order valence-corrected chi connectivity index (χ3v) is 3.22. The van der Waals surface area contributed by atoms with E-state index >= 15 is 0 Å². The highest BCUT2D eigenvalue weighted by Gasteiger charge is 2.05. The first-order valence-electron chi connectivity index (χ1n) is 7.33. The van der Waals surface area contributed by atoms with Crippen LogP contribution in [-0.2, 0) is 20.1 Å². The van der Waals surface area contributed by atoms with Crippen molar-refractivity contribution in [3.05, 3.63) is 54.6 Å². The number of ether oxygens (including phenoxy) is 1. The molecule has 0 saturated heterocycles. The first kappa shape index (κ1) is 19.9. The van der Waals surface area contributed by atoms with Crippen LogP contribution in [0.25, 0.3) is 0 Å². The van der Waals surface area contributed by atoms with Gasteiger partial charge in [-0.1, -0.05) is 30.9 Å². The quantitative estimate of drug-likeness (QED) is 0.296. The van der Waals surface area contributed by atoms with Gasteiger partial charge in [0.05, 0.1) is 6.54 Å². The number of aromatic nitrogens is 3. The summed E-state index contributed by atoms with van der Waals surface area (Å²) in [6.45, 7) is 5.30. The zero-order valence-electron chi connectivity index (χ0n) is 13.9. The third kappa shape index (κ3) is 5.84. The largest absolute Gasteiger partial charge is 0.489 e. The summed E-state index contributed by atoms with van der Waals surface area (Å²) in [7, 11) is 3.63. The number of nitrogens with zero attached hydrogens (tertiary/aromatic N) is 4. The van der Waals surface area contributed by atoms with Gasteiger partial charge in [-0.3, -0.25) is 4.99 Å². The summed E-state index contributed by atoms with van der Waals surface area (Å²) in [5.41, 5.74) is 1.05. The van der Waals surface area contributed by atoms with Gasteiger partial charge in [0, 0.05) is 26.2 Å². The van der Waals surface area contributed by atoms with E-state index in [1.807, 2.05) is 35.9 Å². The molecule has 7 nitrogen and oxygen atoms in total. The van der Waals surface area contributed by atoms with E-state index in [1.165, 1.54) is 0 Å². The van der Waals surface area contributed by atoms with Gasteiger partial charge in [-0.2, -0.15) is 0 Å². The van der Waals surface area contributed by atoms with Gasteiger partial charge >= 0.3 is 0 Å². The molecular formula is C16H23IN6O. The highest BCUT2D eigenvalue weighted by atomic mass is 127. The van der Waals surface area contributed by atoms with E-state index in [2.05, 4.69) is 32.4 Å². The van der Waals surface area contributed by atoms with Crippen LogP contribution < -0.4 is 15.4 Å². The van der Waals surface area contributed by atoms with Crippen molar-refractivity contribution in [2.75, 3.05) is 13.7 Å². The Morgan fingerprint density at radius 3 is 2.75 bits per heavy atom. The fourth-order valence-corrected chi connectivity index (χ4v) is 1.97. The Labute approximate surface area is 159 Å². The first-order chi connectivity index (χ1) is 11.2. The Bertz CT molecular complexity index is 670. The van der Waals surface area contributed by atoms with Crippen molar-refractivity contribution < 1.29 is 4.74 Å². The summed E-state index contributed by atoms with van der Waals surface area (Å²) in [4.78, 5) is 4.20. The molecule has 0 aliphatic rings. The molecule has 1 heterocycles. The van der Waals surface area contributed by atoms with Crippen molar-refractivity contribution in [3.8, 4) is 5.75 Å². The van der Waals surface area contributed by atoms with E-state index in [0.717, 1.165) is 17.1 Å². The van der Waals surface area contributed by atoms with Crippen molar-refractivity contribution >= 4 is 29.9 Å². The summed E-state index contributed by atoms with van der Waals surface area (Å²) in [5.74, 6) is 2.36. The van der Waals surface area contributed by atoms with Gasteiger partial charge < -0.3 is 19.9 Å². The second-order valence-corrected chi connectivity index (χ2v) is 4.84. The number of rotatable bonds is 7. The van der Waals surface area contributed by atoms with Gasteiger partial charge in [-0.05, 0) is 6.07 Å². The Morgan fingerprint density at radius 2 is 2.08 bits per heavy atom. The number of para-hydroxylation sites is 1. The van der Waals surface area contributed by atoms with Crippen LogP contribution in [0.2, 0.25) is 0 Å². The normalized spacial score (nSPS) is 10.7. The molecule has 0 bridgehead atoms. The standard InChI is InChI=1S/C16H22N6O.HI/c1-4-9-23-14-8-6-5-7-13(14)10-18-16(17-2)19-11-15-21-20-12-22(15)3;/h4-8,12H,1,9-11H2,2-3H3,(H2,17,18,19);1H. The van der Waals surface area contributed by atoms with Crippen LogP contribution in [0.3, 0.4) is 0 Å². The van der Waals surface area contributed by atoms with Crippen LogP contribution in [0.1, 0.15) is 11.4 Å². The zero-order chi connectivity index (χ0) is 16.5. The van der Waals surface area contributed by atoms with Crippen molar-refractivity contribution in [2.45, 2.75) is 13.1 Å². The van der Waals surface area contributed by atoms with E-state index in [4.69, 9.17) is 4.74 Å². The van der Waals surface area contributed by atoms with E-state index in [-0.39, 0.29) is 24.0 Å². The lowest BCUT2D eigenvalue weighted by Crippen LogP contribution is -2.37. The van der Waals surface area contributed by atoms with Crippen molar-refractivity contribution in [3.63, 3.8) is 0 Å². The van der Waals surface area contributed by atoms with Gasteiger partial charge in [-0.15, -0.1) is 34.2 Å². The molecule has 1 aromatic heterocycles. The lowest BCUT2D eigenvalue weighted by molar-refractivity contribution is 0.358. The number of nitrogens with one attached hydrogen (secondary N) is 2. The van der Waals surface area contributed by atoms with E-state index in [1.54, 1.807) is 19.5 Å². The number of benzene rings is 1. The molecule has 0 atom stereocenters. The SMILES string of the molecule is C=CCOc1ccccc1CNC(=NC)NCc1nncn1C.I. The molecule has 0 amide bonds. The van der Waals surface area contributed by atoms with Gasteiger partial charge in [-0.25, -0.2) is 0 Å². The highest BCUT2D eigenvalue weighted by molar-refractivity contribution is 14.0. The van der Waals surface area contributed by atoms with Gasteiger partial charge in [0.15, 0.2) is 11.8 Å². The molecular weight excluding hydrogens is 419 g/mol. The molecule has 130 valence electrons. The summed E-state index contributed by atoms with van der Waals surface area (Å²) in [6, 6.07) is 7.88. The minimum atomic E-state index is 0. The highest BCUT2D eigenvalue weighted by Crippen LogP contribution is 2.17. The minimum absolute atomic E-state index is 0. The fourth-order valence-electron chi connectivity index (χ4n) is 1.97. The van der Waals surface area contributed by atoms with Crippen LogP contribution in [0, 0.1) is 0 Å². The second kappa shape index (κ2) is 10.6. The van der Waals surface area contributed by atoms with Crippen LogP contribution in [0.15, 0.2) is 48.2 Å². The van der Waals surface area contributed by atoms with Gasteiger partial charge in [0.2, 0.25) is 0 Å². The number of hydrogen-bond acceptors (Lipinski definition) is 4. The lowest BCUT2D eigenvalue weighted by Gasteiger charge is -2.14. The average Bonchev–Trinajstić information content (AvgIpc) is 2.99. The summed E-state index contributed by atoms with van der Waals surface area (Å²) >= 11 is 0. The minimum Gasteiger partial charge on any atom is -0.489 e. The molecule has 0 radical (unpaired) electrons. The number of guanidine groups is 1. The monoisotopic (exact) mass is 442 g/mol. The van der Waals surface area contributed by atoms with Gasteiger partial charge in [0.25, 0.3) is 0 Å². The molecule has 0 unspecified atom stereocenters. The fraction of sp³-hybridized carbons (Fsp3) is 0.312. The topological polar surface area (TPSA) is 76.4 Å². The maximum Gasteiger partial charge on any atom is 0.191 e. The molecule has 0 saturated carbocycles. The smallest absolute Gasteiger partial charge is 0.191 e. The molecule has 8 heteroatoms.